The smallest absolute Gasteiger partial charge is 0.246 e. The third-order valence-electron chi connectivity index (χ3n) is 1.98. The lowest BCUT2D eigenvalue weighted by Crippen LogP contribution is -2.32. The van der Waals surface area contributed by atoms with E-state index in [4.69, 9.17) is 4.74 Å². The van der Waals surface area contributed by atoms with E-state index in [-0.39, 0.29) is 18.1 Å². The number of hydrogen-bond acceptors (Lipinski definition) is 3. The molecule has 0 rings (SSSR count). The zero-order chi connectivity index (χ0) is 12.4. The number of thioether (sulfide) groups is 1. The van der Waals surface area contributed by atoms with Crippen LogP contribution < -0.4 is 5.32 Å². The zero-order valence-corrected chi connectivity index (χ0v) is 11.8. The van der Waals surface area contributed by atoms with Gasteiger partial charge in [0.25, 0.3) is 0 Å². The number of carbonyl (C=O) groups excluding carboxylic acids is 1. The van der Waals surface area contributed by atoms with Gasteiger partial charge in [0.05, 0.1) is 5.60 Å². The van der Waals surface area contributed by atoms with Crippen LogP contribution in [0.15, 0.2) is 0 Å². The van der Waals surface area contributed by atoms with Crippen molar-refractivity contribution in [3.8, 4) is 0 Å². The molecule has 0 aromatic rings. The maximum Gasteiger partial charge on any atom is 0.246 e. The van der Waals surface area contributed by atoms with E-state index >= 15 is 0 Å². The molecule has 0 aromatic heterocycles. The molecule has 0 aliphatic rings. The highest BCUT2D eigenvalue weighted by Crippen LogP contribution is 2.05. The summed E-state index contributed by atoms with van der Waals surface area (Å²) in [6, 6.07) is 0. The van der Waals surface area contributed by atoms with E-state index in [1.165, 1.54) is 18.6 Å². The van der Waals surface area contributed by atoms with Crippen LogP contribution in [-0.4, -0.2) is 36.7 Å². The normalized spacial score (nSPS) is 11.5. The van der Waals surface area contributed by atoms with E-state index in [1.54, 1.807) is 0 Å². The van der Waals surface area contributed by atoms with Gasteiger partial charge in [0.15, 0.2) is 0 Å². The van der Waals surface area contributed by atoms with Gasteiger partial charge in [0.1, 0.15) is 6.61 Å². The molecule has 3 nitrogen and oxygen atoms in total. The third kappa shape index (κ3) is 11.9. The first kappa shape index (κ1) is 15.8. The van der Waals surface area contributed by atoms with Gasteiger partial charge in [-0.15, -0.1) is 0 Å². The third-order valence-corrected chi connectivity index (χ3v) is 2.68. The lowest BCUT2D eigenvalue weighted by molar-refractivity contribution is -0.130. The van der Waals surface area contributed by atoms with Crippen LogP contribution in [0, 0.1) is 0 Å². The Kier molecular flexibility index (Phi) is 8.76. The summed E-state index contributed by atoms with van der Waals surface area (Å²) < 4.78 is 5.37. The molecular formula is C12H25NO2S. The van der Waals surface area contributed by atoms with Crippen LogP contribution in [0.1, 0.15) is 40.0 Å². The highest BCUT2D eigenvalue weighted by molar-refractivity contribution is 7.98. The minimum atomic E-state index is -0.240. The fourth-order valence-corrected chi connectivity index (χ4v) is 1.60. The molecule has 0 heterocycles. The summed E-state index contributed by atoms with van der Waals surface area (Å²) >= 11 is 1.87. The van der Waals surface area contributed by atoms with Crippen molar-refractivity contribution in [2.24, 2.45) is 0 Å². The summed E-state index contributed by atoms with van der Waals surface area (Å²) in [5.41, 5.74) is -0.240. The fourth-order valence-electron chi connectivity index (χ4n) is 1.11. The minimum Gasteiger partial charge on any atom is -0.366 e. The Morgan fingerprint density at radius 2 is 1.94 bits per heavy atom. The molecule has 4 heteroatoms. The van der Waals surface area contributed by atoms with E-state index in [0.29, 0.717) is 0 Å². The topological polar surface area (TPSA) is 38.3 Å². The van der Waals surface area contributed by atoms with Crippen LogP contribution >= 0.6 is 11.8 Å². The summed E-state index contributed by atoms with van der Waals surface area (Å²) in [6.07, 6.45) is 5.59. The molecule has 96 valence electrons. The van der Waals surface area contributed by atoms with Crippen molar-refractivity contribution >= 4 is 17.7 Å². The summed E-state index contributed by atoms with van der Waals surface area (Å²) in [4.78, 5) is 11.3. The average molecular weight is 247 g/mol. The number of unbranched alkanes of at least 4 members (excludes halogenated alkanes) is 2. The van der Waals surface area contributed by atoms with Gasteiger partial charge in [-0.05, 0) is 45.6 Å². The Balaban J connectivity index is 3.31. The Hall–Kier alpha value is -0.220. The fraction of sp³-hybridized carbons (Fsp3) is 0.917. The number of amides is 1. The Labute approximate surface area is 104 Å². The van der Waals surface area contributed by atoms with Crippen molar-refractivity contribution in [3.05, 3.63) is 0 Å². The van der Waals surface area contributed by atoms with Crippen molar-refractivity contribution in [3.63, 3.8) is 0 Å². The second-order valence-corrected chi connectivity index (χ2v) is 5.79. The maximum atomic E-state index is 11.3. The lowest BCUT2D eigenvalue weighted by Gasteiger charge is -2.18. The van der Waals surface area contributed by atoms with Crippen molar-refractivity contribution in [2.75, 3.05) is 25.2 Å². The van der Waals surface area contributed by atoms with Gasteiger partial charge in [0, 0.05) is 6.54 Å². The molecule has 0 aromatic carbocycles. The molecule has 0 bridgehead atoms. The van der Waals surface area contributed by atoms with Crippen molar-refractivity contribution < 1.29 is 9.53 Å². The second kappa shape index (κ2) is 8.88. The van der Waals surface area contributed by atoms with E-state index < -0.39 is 0 Å². The van der Waals surface area contributed by atoms with E-state index in [1.807, 2.05) is 32.5 Å². The van der Waals surface area contributed by atoms with Gasteiger partial charge in [-0.1, -0.05) is 6.42 Å². The summed E-state index contributed by atoms with van der Waals surface area (Å²) in [5, 5.41) is 2.86. The van der Waals surface area contributed by atoms with Gasteiger partial charge >= 0.3 is 0 Å². The number of hydrogen-bond donors (Lipinski definition) is 1. The van der Waals surface area contributed by atoms with Gasteiger partial charge in [-0.25, -0.2) is 0 Å². The monoisotopic (exact) mass is 247 g/mol. The number of ether oxygens (including phenoxy) is 1. The van der Waals surface area contributed by atoms with Crippen LogP contribution in [0.5, 0.6) is 0 Å². The maximum absolute atomic E-state index is 11.3. The molecule has 0 fully saturated rings. The molecule has 1 amide bonds. The molecule has 0 radical (unpaired) electrons. The summed E-state index contributed by atoms with van der Waals surface area (Å²) in [5.74, 6) is 1.20. The molecular weight excluding hydrogens is 222 g/mol. The quantitative estimate of drug-likeness (QED) is 0.670. The SMILES string of the molecule is CSCCCCCNC(=O)COC(C)(C)C. The molecule has 0 aliphatic carbocycles. The molecule has 1 N–H and O–H groups in total. The number of carbonyl (C=O) groups is 1. The van der Waals surface area contributed by atoms with Gasteiger partial charge < -0.3 is 10.1 Å². The molecule has 0 spiro atoms. The molecule has 16 heavy (non-hydrogen) atoms. The zero-order valence-electron chi connectivity index (χ0n) is 11.0. The molecule has 0 aliphatic heterocycles. The molecule has 0 atom stereocenters. The van der Waals surface area contributed by atoms with E-state index in [0.717, 1.165) is 13.0 Å². The number of nitrogens with one attached hydrogen (secondary N) is 1. The van der Waals surface area contributed by atoms with Gasteiger partial charge in [-0.2, -0.15) is 11.8 Å². The Bertz CT molecular complexity index is 190. The van der Waals surface area contributed by atoms with Gasteiger partial charge in [-0.3, -0.25) is 4.79 Å². The number of rotatable bonds is 8. The summed E-state index contributed by atoms with van der Waals surface area (Å²) in [7, 11) is 0. The van der Waals surface area contributed by atoms with Crippen molar-refractivity contribution in [1.29, 1.82) is 0 Å². The first-order valence-corrected chi connectivity index (χ1v) is 7.24. The average Bonchev–Trinajstić information content (AvgIpc) is 2.19. The van der Waals surface area contributed by atoms with E-state index in [2.05, 4.69) is 11.6 Å². The highest BCUT2D eigenvalue weighted by Gasteiger charge is 2.12. The summed E-state index contributed by atoms with van der Waals surface area (Å²) in [6.45, 7) is 6.77. The standard InChI is InChI=1S/C12H25NO2S/c1-12(2,3)15-10-11(14)13-8-6-5-7-9-16-4/h5-10H2,1-4H3,(H,13,14). The largest absolute Gasteiger partial charge is 0.366 e. The minimum absolute atomic E-state index is 0.0141. The predicted octanol–water partition coefficient (Wildman–Crippen LogP) is 2.45. The first-order valence-electron chi connectivity index (χ1n) is 5.85. The second-order valence-electron chi connectivity index (χ2n) is 4.80. The van der Waals surface area contributed by atoms with Gasteiger partial charge in [0.2, 0.25) is 5.91 Å². The van der Waals surface area contributed by atoms with Crippen LogP contribution in [-0.2, 0) is 9.53 Å². The highest BCUT2D eigenvalue weighted by atomic mass is 32.2. The van der Waals surface area contributed by atoms with Crippen LogP contribution in [0.3, 0.4) is 0 Å². The predicted molar refractivity (Wildman–Crippen MR) is 70.9 cm³/mol. The van der Waals surface area contributed by atoms with Crippen LogP contribution in [0.2, 0.25) is 0 Å². The molecule has 0 saturated carbocycles. The molecule has 0 saturated heterocycles. The van der Waals surface area contributed by atoms with Crippen LogP contribution in [0.4, 0.5) is 0 Å². The lowest BCUT2D eigenvalue weighted by atomic mass is 10.2. The van der Waals surface area contributed by atoms with Crippen molar-refractivity contribution in [2.45, 2.75) is 45.6 Å². The Morgan fingerprint density at radius 1 is 1.25 bits per heavy atom. The van der Waals surface area contributed by atoms with Crippen molar-refractivity contribution in [1.82, 2.24) is 5.32 Å². The Morgan fingerprint density at radius 3 is 2.50 bits per heavy atom. The van der Waals surface area contributed by atoms with E-state index in [9.17, 15) is 4.79 Å². The van der Waals surface area contributed by atoms with Crippen LogP contribution in [0.25, 0.3) is 0 Å². The first-order chi connectivity index (χ1) is 7.45. The molecule has 0 unspecified atom stereocenters.